The number of benzene rings is 1. The van der Waals surface area contributed by atoms with E-state index < -0.39 is 18.6 Å². The lowest BCUT2D eigenvalue weighted by atomic mass is 9.94. The molecule has 3 rings (SSSR count). The number of nitrogens with zero attached hydrogens (tertiary/aromatic N) is 4. The van der Waals surface area contributed by atoms with Crippen molar-refractivity contribution in [2.24, 2.45) is 4.99 Å². The Bertz CT molecular complexity index is 1170. The highest BCUT2D eigenvalue weighted by atomic mass is 79.9. The van der Waals surface area contributed by atoms with Crippen LogP contribution in [0.5, 0.6) is 5.75 Å². The van der Waals surface area contributed by atoms with Crippen molar-refractivity contribution in [2.75, 3.05) is 23.4 Å². The Hall–Kier alpha value is -3.74. The fraction of sp³-hybridized carbons (Fsp3) is 0.118. The maximum Gasteiger partial charge on any atom is 0.341 e. The molecule has 2 aromatic rings. The molecule has 30 heavy (non-hydrogen) atoms. The van der Waals surface area contributed by atoms with Gasteiger partial charge in [-0.2, -0.15) is 10.5 Å². The number of ether oxygens (including phenoxy) is 1. The number of aliphatic imine (C=N–C) groups is 1. The van der Waals surface area contributed by atoms with Gasteiger partial charge in [0.05, 0.1) is 10.2 Å². The topological polar surface area (TPSA) is 195 Å². The molecule has 1 aliphatic heterocycles. The number of aliphatic carboxylic acids is 1. The highest BCUT2D eigenvalue weighted by molar-refractivity contribution is 9.10. The monoisotopic (exact) mass is 490 g/mol. The van der Waals surface area contributed by atoms with Gasteiger partial charge in [0, 0.05) is 16.1 Å². The van der Waals surface area contributed by atoms with Crippen LogP contribution in [0.1, 0.15) is 22.7 Å². The minimum atomic E-state index is -1.19. The summed E-state index contributed by atoms with van der Waals surface area (Å²) in [6.07, 6.45) is 1.74. The third-order valence-corrected chi connectivity index (χ3v) is 4.84. The van der Waals surface area contributed by atoms with Crippen LogP contribution in [0, 0.1) is 22.8 Å². The highest BCUT2D eigenvalue weighted by Gasteiger charge is 2.32. The summed E-state index contributed by atoms with van der Waals surface area (Å²) in [6.45, 7) is -0.628. The number of hydrogen-bond acceptors (Lipinski definition) is 10. The van der Waals surface area contributed by atoms with Crippen molar-refractivity contribution in [1.29, 1.82) is 10.5 Å². The lowest BCUT2D eigenvalue weighted by molar-refractivity contribution is -0.139. The molecule has 1 aromatic carbocycles. The zero-order valence-corrected chi connectivity index (χ0v) is 17.2. The number of nitrogens with one attached hydrogen (secondary N) is 2. The van der Waals surface area contributed by atoms with E-state index in [0.717, 1.165) is 0 Å². The number of nitrogen functional groups attached to an aromatic ring is 2. The Labute approximate surface area is 183 Å². The molecule has 0 bridgehead atoms. The quantitative estimate of drug-likeness (QED) is 0.311. The van der Waals surface area contributed by atoms with Gasteiger partial charge in [0.15, 0.2) is 12.8 Å². The van der Waals surface area contributed by atoms with Gasteiger partial charge >= 0.3 is 5.97 Å². The van der Waals surface area contributed by atoms with Crippen LogP contribution in [0.3, 0.4) is 0 Å². The Kier molecular flexibility index (Phi) is 5.82. The molecule has 2 heterocycles. The molecule has 0 spiro atoms. The number of anilines is 3. The summed E-state index contributed by atoms with van der Waals surface area (Å²) >= 11 is 9.50. The first-order chi connectivity index (χ1) is 14.3. The number of hydrogen-bond donors (Lipinski definition) is 5. The zero-order valence-electron chi connectivity index (χ0n) is 14.9. The largest absolute Gasteiger partial charge is 0.480 e. The fourth-order valence-corrected chi connectivity index (χ4v) is 3.82. The van der Waals surface area contributed by atoms with E-state index in [4.69, 9.17) is 38.2 Å². The highest BCUT2D eigenvalue weighted by Crippen LogP contribution is 2.46. The summed E-state index contributed by atoms with van der Waals surface area (Å²) in [5, 5.41) is 32.8. The van der Waals surface area contributed by atoms with Crippen molar-refractivity contribution in [3.8, 4) is 18.0 Å². The van der Waals surface area contributed by atoms with Crippen LogP contribution in [-0.2, 0) is 4.79 Å². The van der Waals surface area contributed by atoms with Crippen LogP contribution < -0.4 is 26.8 Å². The smallest absolute Gasteiger partial charge is 0.341 e. The summed E-state index contributed by atoms with van der Waals surface area (Å²) in [5.41, 5.74) is 12.6. The predicted molar refractivity (Wildman–Crippen MR) is 112 cm³/mol. The standard InChI is InChI=1S/C17H12BrClN8O3/c18-9-2-6(19)1-7(14(9)30-4-10(28)29)13-11-12(22)8(3-20)15(23)26-16(11)27-17(25-13)24-5-21/h1-2,13H,4H2,(H,28,29)(H6,22,23,24,25,26,27). The molecule has 7 N–H and O–H groups in total. The molecule has 0 aliphatic carbocycles. The molecule has 0 saturated heterocycles. The van der Waals surface area contributed by atoms with Gasteiger partial charge in [0.2, 0.25) is 5.96 Å². The first-order valence-corrected chi connectivity index (χ1v) is 9.26. The van der Waals surface area contributed by atoms with Gasteiger partial charge in [-0.15, -0.1) is 0 Å². The number of pyridine rings is 1. The summed E-state index contributed by atoms with van der Waals surface area (Å²) in [5.74, 6) is -0.944. The summed E-state index contributed by atoms with van der Waals surface area (Å²) in [7, 11) is 0. The van der Waals surface area contributed by atoms with Gasteiger partial charge in [0.1, 0.15) is 35.1 Å². The lowest BCUT2D eigenvalue weighted by Gasteiger charge is -2.27. The third-order valence-electron chi connectivity index (χ3n) is 4.03. The summed E-state index contributed by atoms with van der Waals surface area (Å²) in [6, 6.07) is 3.98. The van der Waals surface area contributed by atoms with E-state index in [-0.39, 0.29) is 34.6 Å². The molecule has 0 amide bonds. The number of carboxylic acids is 1. The van der Waals surface area contributed by atoms with Gasteiger partial charge in [-0.1, -0.05) is 11.6 Å². The number of rotatable bonds is 4. The molecule has 1 aromatic heterocycles. The second-order valence-corrected chi connectivity index (χ2v) is 7.18. The van der Waals surface area contributed by atoms with Crippen molar-refractivity contribution in [3.05, 3.63) is 38.3 Å². The first kappa shape index (κ1) is 21.0. The minimum Gasteiger partial charge on any atom is -0.480 e. The van der Waals surface area contributed by atoms with Crippen LogP contribution in [0.15, 0.2) is 21.6 Å². The number of fused-ring (bicyclic) bond motifs is 1. The normalized spacial score (nSPS) is 14.4. The van der Waals surface area contributed by atoms with E-state index in [1.54, 1.807) is 6.19 Å². The molecule has 152 valence electrons. The number of carboxylic acid groups (broad SMARTS) is 1. The van der Waals surface area contributed by atoms with Crippen molar-refractivity contribution >= 4 is 56.8 Å². The lowest BCUT2D eigenvalue weighted by Crippen LogP contribution is -2.33. The maximum absolute atomic E-state index is 11.0. The molecule has 13 heteroatoms. The molecule has 0 radical (unpaired) electrons. The van der Waals surface area contributed by atoms with E-state index in [1.807, 2.05) is 6.07 Å². The van der Waals surface area contributed by atoms with Gasteiger partial charge in [-0.25, -0.2) is 14.8 Å². The van der Waals surface area contributed by atoms with Crippen LogP contribution in [0.2, 0.25) is 5.02 Å². The SMILES string of the molecule is N#CNC1=NC(c2cc(Cl)cc(Br)c2OCC(=O)O)c2c(nc(N)c(C#N)c2N)N1. The molecule has 11 nitrogen and oxygen atoms in total. The van der Waals surface area contributed by atoms with Crippen molar-refractivity contribution in [1.82, 2.24) is 10.3 Å². The van der Waals surface area contributed by atoms with Crippen LogP contribution in [0.25, 0.3) is 0 Å². The van der Waals surface area contributed by atoms with Crippen molar-refractivity contribution in [3.63, 3.8) is 0 Å². The number of aromatic nitrogens is 1. The molecule has 0 fully saturated rings. The van der Waals surface area contributed by atoms with Gasteiger partial charge in [0.25, 0.3) is 0 Å². The number of carbonyl (C=O) groups is 1. The van der Waals surface area contributed by atoms with E-state index in [1.165, 1.54) is 12.1 Å². The van der Waals surface area contributed by atoms with E-state index >= 15 is 0 Å². The van der Waals surface area contributed by atoms with Crippen molar-refractivity contribution in [2.45, 2.75) is 6.04 Å². The molecular formula is C17H12BrClN8O3. The molecule has 1 unspecified atom stereocenters. The van der Waals surface area contributed by atoms with Gasteiger partial charge < -0.3 is 26.6 Å². The number of guanidine groups is 1. The van der Waals surface area contributed by atoms with Crippen molar-refractivity contribution < 1.29 is 14.6 Å². The average Bonchev–Trinajstić information content (AvgIpc) is 2.66. The Morgan fingerprint density at radius 1 is 1.43 bits per heavy atom. The third kappa shape index (κ3) is 3.87. The molecule has 0 saturated carbocycles. The number of nitriles is 2. The maximum atomic E-state index is 11.0. The van der Waals surface area contributed by atoms with E-state index in [2.05, 4.69) is 36.5 Å². The van der Waals surface area contributed by atoms with Gasteiger partial charge in [-0.05, 0) is 28.1 Å². The predicted octanol–water partition coefficient (Wildman–Crippen LogP) is 1.94. The Morgan fingerprint density at radius 2 is 2.17 bits per heavy atom. The molecular weight excluding hydrogens is 480 g/mol. The second-order valence-electron chi connectivity index (χ2n) is 5.89. The fourth-order valence-electron chi connectivity index (χ4n) is 2.88. The van der Waals surface area contributed by atoms with Crippen LogP contribution in [0.4, 0.5) is 17.3 Å². The molecule has 1 atom stereocenters. The number of nitrogens with two attached hydrogens (primary N) is 2. The average molecular weight is 492 g/mol. The van der Waals surface area contributed by atoms with Crippen LogP contribution in [-0.4, -0.2) is 28.6 Å². The molecule has 1 aliphatic rings. The first-order valence-electron chi connectivity index (χ1n) is 8.09. The summed E-state index contributed by atoms with van der Waals surface area (Å²) < 4.78 is 5.81. The second kappa shape index (κ2) is 8.32. The minimum absolute atomic E-state index is 0.0255. The zero-order chi connectivity index (χ0) is 22.0. The Morgan fingerprint density at radius 3 is 2.80 bits per heavy atom. The Balaban J connectivity index is 2.29. The van der Waals surface area contributed by atoms with E-state index in [9.17, 15) is 10.1 Å². The van der Waals surface area contributed by atoms with E-state index in [0.29, 0.717) is 20.6 Å². The number of halogens is 2. The van der Waals surface area contributed by atoms with Gasteiger partial charge in [-0.3, -0.25) is 5.32 Å². The summed E-state index contributed by atoms with van der Waals surface area (Å²) in [4.78, 5) is 19.6. The van der Waals surface area contributed by atoms with Crippen LogP contribution >= 0.6 is 27.5 Å².